The number of hydrogen-bond donors (Lipinski definition) is 2. The maximum atomic E-state index is 12.2. The van der Waals surface area contributed by atoms with Gasteiger partial charge in [-0.25, -0.2) is 9.59 Å². The van der Waals surface area contributed by atoms with E-state index in [-0.39, 0.29) is 6.03 Å². The van der Waals surface area contributed by atoms with E-state index >= 15 is 0 Å². The molecule has 2 heterocycles. The molecule has 3 atom stereocenters. The molecular weight excluding hydrogens is 258 g/mol. The fraction of sp³-hybridized carbons (Fsp3) is 0.857. The van der Waals surface area contributed by atoms with Gasteiger partial charge in [0.05, 0.1) is 0 Å². The van der Waals surface area contributed by atoms with Crippen LogP contribution in [-0.2, 0) is 4.79 Å². The van der Waals surface area contributed by atoms with Gasteiger partial charge in [0.1, 0.15) is 6.04 Å². The molecule has 2 fully saturated rings. The zero-order chi connectivity index (χ0) is 14.7. The second-order valence-electron chi connectivity index (χ2n) is 6.28. The van der Waals surface area contributed by atoms with Crippen LogP contribution in [0, 0.1) is 11.8 Å². The molecular formula is C14H25N3O3. The molecule has 20 heavy (non-hydrogen) atoms. The fourth-order valence-electron chi connectivity index (χ4n) is 3.14. The molecule has 2 aliphatic rings. The van der Waals surface area contributed by atoms with Gasteiger partial charge in [0.25, 0.3) is 0 Å². The first-order valence-corrected chi connectivity index (χ1v) is 7.43. The van der Waals surface area contributed by atoms with Gasteiger partial charge >= 0.3 is 12.0 Å². The molecule has 2 aliphatic heterocycles. The average Bonchev–Trinajstić information content (AvgIpc) is 2.81. The molecule has 2 rings (SSSR count). The first-order valence-electron chi connectivity index (χ1n) is 7.43. The predicted octanol–water partition coefficient (Wildman–Crippen LogP) is 0.833. The number of hydrogen-bond acceptors (Lipinski definition) is 3. The Kier molecular flexibility index (Phi) is 4.86. The summed E-state index contributed by atoms with van der Waals surface area (Å²) in [6.07, 6.45) is 2.52. The zero-order valence-electron chi connectivity index (χ0n) is 12.3. The number of carboxylic acid groups (broad SMARTS) is 1. The van der Waals surface area contributed by atoms with Crippen molar-refractivity contribution < 1.29 is 14.7 Å². The number of piperidine rings is 1. The van der Waals surface area contributed by atoms with Gasteiger partial charge in [-0.05, 0) is 44.7 Å². The minimum Gasteiger partial charge on any atom is -0.480 e. The van der Waals surface area contributed by atoms with Crippen molar-refractivity contribution in [3.63, 3.8) is 0 Å². The number of aliphatic carboxylic acids is 1. The number of rotatable bonds is 3. The molecule has 0 radical (unpaired) electrons. The Morgan fingerprint density at radius 2 is 2.05 bits per heavy atom. The zero-order valence-corrected chi connectivity index (χ0v) is 12.3. The van der Waals surface area contributed by atoms with Crippen LogP contribution < -0.4 is 5.32 Å². The molecule has 2 saturated heterocycles. The van der Waals surface area contributed by atoms with Crippen molar-refractivity contribution >= 4 is 12.0 Å². The summed E-state index contributed by atoms with van der Waals surface area (Å²) in [5, 5.41) is 12.2. The molecule has 0 spiro atoms. The van der Waals surface area contributed by atoms with E-state index in [1.807, 2.05) is 6.92 Å². The first kappa shape index (κ1) is 15.1. The second-order valence-corrected chi connectivity index (χ2v) is 6.28. The van der Waals surface area contributed by atoms with Crippen LogP contribution in [-0.4, -0.2) is 66.2 Å². The molecule has 0 saturated carbocycles. The molecule has 6 nitrogen and oxygen atoms in total. The summed E-state index contributed by atoms with van der Waals surface area (Å²) < 4.78 is 0. The number of likely N-dealkylation sites (tertiary alicyclic amines) is 2. The van der Waals surface area contributed by atoms with Gasteiger partial charge in [-0.2, -0.15) is 0 Å². The van der Waals surface area contributed by atoms with Crippen molar-refractivity contribution in [1.82, 2.24) is 15.1 Å². The van der Waals surface area contributed by atoms with Crippen LogP contribution in [0.1, 0.15) is 26.2 Å². The maximum absolute atomic E-state index is 12.2. The van der Waals surface area contributed by atoms with Crippen LogP contribution in [0.15, 0.2) is 0 Å². The van der Waals surface area contributed by atoms with Crippen molar-refractivity contribution in [2.45, 2.75) is 32.2 Å². The van der Waals surface area contributed by atoms with Crippen LogP contribution in [0.4, 0.5) is 4.79 Å². The van der Waals surface area contributed by atoms with Crippen LogP contribution in [0.2, 0.25) is 0 Å². The summed E-state index contributed by atoms with van der Waals surface area (Å²) in [6, 6.07) is -0.899. The third kappa shape index (κ3) is 3.62. The van der Waals surface area contributed by atoms with Gasteiger partial charge in [0.15, 0.2) is 0 Å². The van der Waals surface area contributed by atoms with E-state index < -0.39 is 12.0 Å². The largest absolute Gasteiger partial charge is 0.480 e. The third-order valence-electron chi connectivity index (χ3n) is 4.44. The van der Waals surface area contributed by atoms with Crippen LogP contribution in [0.3, 0.4) is 0 Å². The average molecular weight is 283 g/mol. The lowest BCUT2D eigenvalue weighted by Crippen LogP contribution is -2.53. The van der Waals surface area contributed by atoms with Gasteiger partial charge in [-0.15, -0.1) is 0 Å². The Bertz CT molecular complexity index is 375. The molecule has 114 valence electrons. The van der Waals surface area contributed by atoms with E-state index in [1.54, 1.807) is 0 Å². The molecule has 0 aromatic carbocycles. The highest BCUT2D eigenvalue weighted by molar-refractivity contribution is 5.82. The summed E-state index contributed by atoms with van der Waals surface area (Å²) in [4.78, 5) is 27.2. The van der Waals surface area contributed by atoms with E-state index in [4.69, 9.17) is 0 Å². The van der Waals surface area contributed by atoms with E-state index in [1.165, 1.54) is 4.90 Å². The van der Waals surface area contributed by atoms with Gasteiger partial charge in [-0.1, -0.05) is 6.92 Å². The van der Waals surface area contributed by atoms with Crippen LogP contribution >= 0.6 is 0 Å². The van der Waals surface area contributed by atoms with Gasteiger partial charge in [-0.3, -0.25) is 0 Å². The Labute approximate surface area is 120 Å². The summed E-state index contributed by atoms with van der Waals surface area (Å²) in [6.45, 7) is 5.29. The Morgan fingerprint density at radius 3 is 2.65 bits per heavy atom. The lowest BCUT2D eigenvalue weighted by Gasteiger charge is -2.36. The highest BCUT2D eigenvalue weighted by Crippen LogP contribution is 2.23. The van der Waals surface area contributed by atoms with E-state index in [0.29, 0.717) is 31.3 Å². The Balaban J connectivity index is 1.85. The molecule has 2 N–H and O–H groups in total. The van der Waals surface area contributed by atoms with Crippen molar-refractivity contribution in [3.8, 4) is 0 Å². The lowest BCUT2D eigenvalue weighted by atomic mass is 9.93. The predicted molar refractivity (Wildman–Crippen MR) is 75.5 cm³/mol. The normalized spacial score (nSPS) is 31.3. The maximum Gasteiger partial charge on any atom is 0.326 e. The second kappa shape index (κ2) is 6.43. The third-order valence-corrected chi connectivity index (χ3v) is 4.44. The Morgan fingerprint density at radius 1 is 1.30 bits per heavy atom. The lowest BCUT2D eigenvalue weighted by molar-refractivity contribution is -0.143. The number of urea groups is 1. The SMILES string of the molecule is CC1CCN(C(=O)NCC2CCN(C)C2)C(C(=O)O)C1. The van der Waals surface area contributed by atoms with Crippen LogP contribution in [0.5, 0.6) is 0 Å². The summed E-state index contributed by atoms with van der Waals surface area (Å²) in [5.74, 6) is -0.0492. The fourth-order valence-corrected chi connectivity index (χ4v) is 3.14. The molecule has 0 bridgehead atoms. The molecule has 0 aliphatic carbocycles. The Hall–Kier alpha value is -1.30. The topological polar surface area (TPSA) is 72.9 Å². The van der Waals surface area contributed by atoms with Gasteiger partial charge in [0, 0.05) is 19.6 Å². The molecule has 2 amide bonds. The van der Waals surface area contributed by atoms with Crippen molar-refractivity contribution in [1.29, 1.82) is 0 Å². The summed E-state index contributed by atoms with van der Waals surface area (Å²) in [5.41, 5.74) is 0. The molecule has 3 unspecified atom stereocenters. The smallest absolute Gasteiger partial charge is 0.326 e. The highest BCUT2D eigenvalue weighted by atomic mass is 16.4. The van der Waals surface area contributed by atoms with E-state index in [9.17, 15) is 14.7 Å². The van der Waals surface area contributed by atoms with Crippen molar-refractivity contribution in [2.75, 3.05) is 33.2 Å². The number of nitrogens with zero attached hydrogens (tertiary/aromatic N) is 2. The number of amides is 2. The minimum atomic E-state index is -0.896. The van der Waals surface area contributed by atoms with Gasteiger partial charge in [0.2, 0.25) is 0 Å². The van der Waals surface area contributed by atoms with E-state index in [0.717, 1.165) is 25.9 Å². The number of carbonyl (C=O) groups is 2. The van der Waals surface area contributed by atoms with E-state index in [2.05, 4.69) is 17.3 Å². The molecule has 0 aromatic heterocycles. The first-order chi connectivity index (χ1) is 9.47. The van der Waals surface area contributed by atoms with Crippen molar-refractivity contribution in [2.24, 2.45) is 11.8 Å². The molecule has 0 aromatic rings. The number of nitrogens with one attached hydrogen (secondary N) is 1. The number of carbonyl (C=O) groups excluding carboxylic acids is 1. The molecule has 6 heteroatoms. The number of carboxylic acids is 1. The summed E-state index contributed by atoms with van der Waals surface area (Å²) in [7, 11) is 2.08. The van der Waals surface area contributed by atoms with Crippen LogP contribution in [0.25, 0.3) is 0 Å². The van der Waals surface area contributed by atoms with Crippen molar-refractivity contribution in [3.05, 3.63) is 0 Å². The quantitative estimate of drug-likeness (QED) is 0.805. The summed E-state index contributed by atoms with van der Waals surface area (Å²) >= 11 is 0. The monoisotopic (exact) mass is 283 g/mol. The standard InChI is InChI=1S/C14H25N3O3/c1-10-3-6-17(12(7-10)13(18)19)14(20)15-8-11-4-5-16(2)9-11/h10-12H,3-9H2,1-2H3,(H,15,20)(H,18,19). The minimum absolute atomic E-state index is 0.223. The highest BCUT2D eigenvalue weighted by Gasteiger charge is 2.35. The van der Waals surface area contributed by atoms with Gasteiger partial charge < -0.3 is 20.2 Å².